The van der Waals surface area contributed by atoms with Gasteiger partial charge in [0.05, 0.1) is 11.4 Å². The van der Waals surface area contributed by atoms with Crippen molar-refractivity contribution in [2.45, 2.75) is 84.7 Å². The van der Waals surface area contributed by atoms with Crippen LogP contribution in [-0.4, -0.2) is 6.17 Å². The van der Waals surface area contributed by atoms with E-state index in [4.69, 9.17) is 0 Å². The van der Waals surface area contributed by atoms with Crippen molar-refractivity contribution in [1.29, 1.82) is 0 Å². The van der Waals surface area contributed by atoms with Crippen molar-refractivity contribution in [3.05, 3.63) is 100 Å². The van der Waals surface area contributed by atoms with Gasteiger partial charge in [-0.15, -0.1) is 0 Å². The summed E-state index contributed by atoms with van der Waals surface area (Å²) in [7, 11) is 0. The number of aryl methyl sites for hydroxylation is 2. The van der Waals surface area contributed by atoms with E-state index >= 15 is 0 Å². The third-order valence-electron chi connectivity index (χ3n) is 9.69. The molecule has 2 aliphatic heterocycles. The lowest BCUT2D eigenvalue weighted by Crippen LogP contribution is -2.31. The van der Waals surface area contributed by atoms with E-state index in [1.54, 1.807) is 0 Å². The molecule has 1 fully saturated rings. The van der Waals surface area contributed by atoms with E-state index in [-0.39, 0.29) is 6.17 Å². The number of anilines is 2. The van der Waals surface area contributed by atoms with Gasteiger partial charge in [-0.25, -0.2) is 0 Å². The van der Waals surface area contributed by atoms with Gasteiger partial charge in [-0.05, 0) is 115 Å². The predicted octanol–water partition coefficient (Wildman–Crippen LogP) is 8.82. The van der Waals surface area contributed by atoms with Gasteiger partial charge in [-0.3, -0.25) is 0 Å². The van der Waals surface area contributed by atoms with Gasteiger partial charge < -0.3 is 16.0 Å². The van der Waals surface area contributed by atoms with Crippen molar-refractivity contribution in [1.82, 2.24) is 5.32 Å². The Morgan fingerprint density at radius 1 is 0.949 bits per heavy atom. The van der Waals surface area contributed by atoms with Gasteiger partial charge in [0.2, 0.25) is 0 Å². The number of dihydropyridines is 1. The van der Waals surface area contributed by atoms with Crippen LogP contribution >= 0.6 is 0 Å². The van der Waals surface area contributed by atoms with Gasteiger partial charge in [-0.1, -0.05) is 69.5 Å². The van der Waals surface area contributed by atoms with E-state index in [9.17, 15) is 0 Å². The normalized spacial score (nSPS) is 22.9. The van der Waals surface area contributed by atoms with Gasteiger partial charge >= 0.3 is 0 Å². The van der Waals surface area contributed by atoms with Gasteiger partial charge in [0.25, 0.3) is 0 Å². The molecular weight excluding hydrogens is 474 g/mol. The average molecular weight is 520 g/mol. The maximum absolute atomic E-state index is 4.57. The first-order valence-corrected chi connectivity index (χ1v) is 15.2. The van der Waals surface area contributed by atoms with Crippen molar-refractivity contribution in [3.63, 3.8) is 0 Å². The Balaban J connectivity index is 1.16. The van der Waals surface area contributed by atoms with Crippen LogP contribution in [0.15, 0.2) is 72.6 Å². The van der Waals surface area contributed by atoms with Crippen LogP contribution in [0.2, 0.25) is 0 Å². The van der Waals surface area contributed by atoms with E-state index in [1.165, 1.54) is 94.4 Å². The van der Waals surface area contributed by atoms with Crippen molar-refractivity contribution < 1.29 is 0 Å². The molecule has 204 valence electrons. The molecule has 0 saturated heterocycles. The second-order valence-electron chi connectivity index (χ2n) is 12.8. The molecule has 0 bridgehead atoms. The average Bonchev–Trinajstić information content (AvgIpc) is 3.63. The minimum Gasteiger partial charge on any atom is -0.362 e. The fourth-order valence-electron chi connectivity index (χ4n) is 7.45. The summed E-state index contributed by atoms with van der Waals surface area (Å²) in [6.07, 6.45) is 15.9. The molecule has 3 heteroatoms. The van der Waals surface area contributed by atoms with Crippen LogP contribution in [0, 0.1) is 31.6 Å². The summed E-state index contributed by atoms with van der Waals surface area (Å²) >= 11 is 0. The number of hydrogen-bond donors (Lipinski definition) is 3. The molecule has 3 nitrogen and oxygen atoms in total. The quantitative estimate of drug-likeness (QED) is 0.326. The molecular formula is C36H45N3. The molecule has 0 aromatic heterocycles. The zero-order chi connectivity index (χ0) is 27.1. The van der Waals surface area contributed by atoms with Crippen LogP contribution in [0.3, 0.4) is 0 Å². The highest BCUT2D eigenvalue weighted by Crippen LogP contribution is 2.46. The minimum atomic E-state index is 0.0156. The van der Waals surface area contributed by atoms with Crippen LogP contribution in [0.1, 0.15) is 79.7 Å². The van der Waals surface area contributed by atoms with Crippen molar-refractivity contribution in [2.75, 3.05) is 10.6 Å². The SMILES string of the molecule is C=C1NC=CC(CC(C)Cc2cc(C)ccc2C)=C1C1Nc2cc3c(cc2N1)C(=C)C(CCC1CCCC1)C3. The monoisotopic (exact) mass is 519 g/mol. The molecule has 0 radical (unpaired) electrons. The topological polar surface area (TPSA) is 36.1 Å². The zero-order valence-electron chi connectivity index (χ0n) is 24.1. The number of rotatable bonds is 8. The molecule has 2 aromatic carbocycles. The Kier molecular flexibility index (Phi) is 7.18. The van der Waals surface area contributed by atoms with Crippen LogP contribution in [-0.2, 0) is 12.8 Å². The van der Waals surface area contributed by atoms with Crippen LogP contribution in [0.5, 0.6) is 0 Å². The maximum Gasteiger partial charge on any atom is 0.125 e. The van der Waals surface area contributed by atoms with E-state index < -0.39 is 0 Å². The largest absolute Gasteiger partial charge is 0.362 e. The van der Waals surface area contributed by atoms with Gasteiger partial charge in [0.1, 0.15) is 6.17 Å². The first-order valence-electron chi connectivity index (χ1n) is 15.2. The van der Waals surface area contributed by atoms with Gasteiger partial charge in [0.15, 0.2) is 0 Å². The standard InChI is InChI=1S/C36H45N3/c1-22-10-11-24(3)30(16-22)18-23(2)17-29-14-15-37-26(5)35(29)36-38-33-20-31-19-28(13-12-27-8-6-7-9-27)25(4)32(31)21-34(33)39-36/h10-11,14-16,20-21,23,27-28,36-39H,4-9,12-13,17-19H2,1-3H3. The van der Waals surface area contributed by atoms with E-state index in [0.717, 1.165) is 30.9 Å². The summed E-state index contributed by atoms with van der Waals surface area (Å²) in [6, 6.07) is 11.5. The molecule has 2 aliphatic carbocycles. The lowest BCUT2D eigenvalue weighted by atomic mass is 9.88. The molecule has 3 atom stereocenters. The number of fused-ring (bicyclic) bond motifs is 2. The summed E-state index contributed by atoms with van der Waals surface area (Å²) < 4.78 is 0. The molecule has 0 spiro atoms. The van der Waals surface area contributed by atoms with Crippen LogP contribution in [0.4, 0.5) is 11.4 Å². The highest BCUT2D eigenvalue weighted by atomic mass is 15.2. The second-order valence-corrected chi connectivity index (χ2v) is 12.8. The molecule has 2 aromatic rings. The van der Waals surface area contributed by atoms with Crippen LogP contribution in [0.25, 0.3) is 5.57 Å². The van der Waals surface area contributed by atoms with Crippen molar-refractivity contribution in [3.8, 4) is 0 Å². The van der Waals surface area contributed by atoms with Crippen molar-refractivity contribution in [2.24, 2.45) is 17.8 Å². The Bertz CT molecular complexity index is 1350. The maximum atomic E-state index is 4.57. The number of hydrogen-bond acceptors (Lipinski definition) is 3. The molecule has 3 N–H and O–H groups in total. The first kappa shape index (κ1) is 26.0. The number of benzene rings is 2. The second kappa shape index (κ2) is 10.8. The molecule has 6 rings (SSSR count). The third kappa shape index (κ3) is 5.33. The minimum absolute atomic E-state index is 0.0156. The fraction of sp³-hybridized carbons (Fsp3) is 0.444. The summed E-state index contributed by atoms with van der Waals surface area (Å²) in [5.41, 5.74) is 14.3. The summed E-state index contributed by atoms with van der Waals surface area (Å²) in [4.78, 5) is 0. The molecule has 4 aliphatic rings. The van der Waals surface area contributed by atoms with Crippen LogP contribution < -0.4 is 16.0 Å². The predicted molar refractivity (Wildman–Crippen MR) is 167 cm³/mol. The summed E-state index contributed by atoms with van der Waals surface area (Å²) in [5, 5.41) is 11.0. The molecule has 3 unspecified atom stereocenters. The van der Waals surface area contributed by atoms with E-state index in [0.29, 0.717) is 11.8 Å². The number of allylic oxidation sites excluding steroid dienone is 3. The van der Waals surface area contributed by atoms with E-state index in [2.05, 4.69) is 86.3 Å². The first-order chi connectivity index (χ1) is 18.9. The Morgan fingerprint density at radius 3 is 2.51 bits per heavy atom. The summed E-state index contributed by atoms with van der Waals surface area (Å²) in [6.45, 7) is 15.7. The van der Waals surface area contributed by atoms with Gasteiger partial charge in [-0.2, -0.15) is 0 Å². The molecule has 0 amide bonds. The lowest BCUT2D eigenvalue weighted by molar-refractivity contribution is 0.446. The molecule has 1 saturated carbocycles. The van der Waals surface area contributed by atoms with E-state index in [1.807, 2.05) is 6.20 Å². The zero-order valence-corrected chi connectivity index (χ0v) is 24.1. The molecule has 2 heterocycles. The Labute approximate surface area is 235 Å². The fourth-order valence-corrected chi connectivity index (χ4v) is 7.45. The molecule has 39 heavy (non-hydrogen) atoms. The Morgan fingerprint density at radius 2 is 1.72 bits per heavy atom. The smallest absolute Gasteiger partial charge is 0.125 e. The highest BCUT2D eigenvalue weighted by Gasteiger charge is 2.32. The highest BCUT2D eigenvalue weighted by molar-refractivity contribution is 5.85. The van der Waals surface area contributed by atoms with Gasteiger partial charge in [0, 0.05) is 17.5 Å². The number of nitrogens with one attached hydrogen (secondary N) is 3. The Hall–Kier alpha value is -3.20. The summed E-state index contributed by atoms with van der Waals surface area (Å²) in [5.74, 6) is 2.09. The lowest BCUT2D eigenvalue weighted by Gasteiger charge is -2.27. The third-order valence-corrected chi connectivity index (χ3v) is 9.69. The van der Waals surface area contributed by atoms with Crippen molar-refractivity contribution >= 4 is 16.9 Å².